The van der Waals surface area contributed by atoms with Crippen LogP contribution in [0.2, 0.25) is 0 Å². The molecule has 17 heavy (non-hydrogen) atoms. The van der Waals surface area contributed by atoms with Gasteiger partial charge in [0.25, 0.3) is 5.69 Å². The number of esters is 1. The van der Waals surface area contributed by atoms with E-state index in [2.05, 4.69) is 6.58 Å². The number of nitro benzene ring substituents is 1. The molecule has 0 bridgehead atoms. The molecule has 5 heteroatoms. The van der Waals surface area contributed by atoms with Gasteiger partial charge in [-0.05, 0) is 12.0 Å². The maximum absolute atomic E-state index is 11.3. The van der Waals surface area contributed by atoms with Gasteiger partial charge in [0.05, 0.1) is 11.5 Å². The molecule has 0 radical (unpaired) electrons. The molecule has 1 atom stereocenters. The van der Waals surface area contributed by atoms with Crippen molar-refractivity contribution in [3.8, 4) is 0 Å². The summed E-state index contributed by atoms with van der Waals surface area (Å²) in [6.45, 7) is 4.06. The summed E-state index contributed by atoms with van der Waals surface area (Å²) in [7, 11) is 0. The van der Waals surface area contributed by atoms with Crippen LogP contribution in [0.15, 0.2) is 36.4 Å². The number of ether oxygens (including phenoxy) is 1. The molecule has 0 spiro atoms. The van der Waals surface area contributed by atoms with Gasteiger partial charge in [-0.3, -0.25) is 10.1 Å². The minimum Gasteiger partial charge on any atom is -0.462 e. The molecular weight excluding hydrogens is 222 g/mol. The number of non-ortho nitro benzene ring substituents is 1. The smallest absolute Gasteiger partial charge is 0.334 e. The molecule has 2 rings (SSSR count). The highest BCUT2D eigenvalue weighted by Gasteiger charge is 2.26. The van der Waals surface area contributed by atoms with Gasteiger partial charge in [0, 0.05) is 23.6 Å². The lowest BCUT2D eigenvalue weighted by atomic mass is 9.88. The first kappa shape index (κ1) is 11.3. The van der Waals surface area contributed by atoms with Crippen molar-refractivity contribution in [2.75, 3.05) is 6.61 Å². The van der Waals surface area contributed by atoms with Crippen LogP contribution in [0.25, 0.3) is 0 Å². The van der Waals surface area contributed by atoms with E-state index in [1.165, 1.54) is 12.1 Å². The van der Waals surface area contributed by atoms with Crippen LogP contribution < -0.4 is 0 Å². The average molecular weight is 233 g/mol. The quantitative estimate of drug-likeness (QED) is 0.340. The fourth-order valence-corrected chi connectivity index (χ4v) is 1.87. The number of nitrogens with zero attached hydrogens (tertiary/aromatic N) is 1. The molecule has 0 N–H and O–H groups in total. The number of hydrogen-bond donors (Lipinski definition) is 0. The molecule has 0 aliphatic carbocycles. The van der Waals surface area contributed by atoms with Crippen molar-refractivity contribution in [3.63, 3.8) is 0 Å². The van der Waals surface area contributed by atoms with Crippen molar-refractivity contribution < 1.29 is 14.5 Å². The van der Waals surface area contributed by atoms with E-state index in [-0.39, 0.29) is 17.6 Å². The molecule has 0 aromatic heterocycles. The number of benzene rings is 1. The van der Waals surface area contributed by atoms with Crippen LogP contribution in [0, 0.1) is 10.1 Å². The normalized spacial score (nSPS) is 19.9. The summed E-state index contributed by atoms with van der Waals surface area (Å²) in [5.74, 6) is -0.489. The monoisotopic (exact) mass is 233 g/mol. The summed E-state index contributed by atoms with van der Waals surface area (Å²) in [6, 6.07) is 6.18. The van der Waals surface area contributed by atoms with Gasteiger partial charge in [-0.15, -0.1) is 0 Å². The highest BCUT2D eigenvalue weighted by atomic mass is 16.6. The van der Waals surface area contributed by atoms with Crippen LogP contribution in [0.5, 0.6) is 0 Å². The fraction of sp³-hybridized carbons (Fsp3) is 0.250. The Morgan fingerprint density at radius 1 is 1.35 bits per heavy atom. The van der Waals surface area contributed by atoms with Crippen LogP contribution in [-0.2, 0) is 9.53 Å². The zero-order valence-electron chi connectivity index (χ0n) is 9.09. The maximum Gasteiger partial charge on any atom is 0.334 e. The minimum absolute atomic E-state index is 0.0396. The molecule has 1 aliphatic heterocycles. The highest BCUT2D eigenvalue weighted by Crippen LogP contribution is 2.31. The molecule has 1 aromatic rings. The van der Waals surface area contributed by atoms with Gasteiger partial charge in [0.2, 0.25) is 0 Å². The van der Waals surface area contributed by atoms with Crippen molar-refractivity contribution >= 4 is 11.7 Å². The number of carbonyl (C=O) groups is 1. The van der Waals surface area contributed by atoms with Gasteiger partial charge >= 0.3 is 5.97 Å². The van der Waals surface area contributed by atoms with Gasteiger partial charge < -0.3 is 4.74 Å². The van der Waals surface area contributed by atoms with E-state index in [9.17, 15) is 14.9 Å². The van der Waals surface area contributed by atoms with Crippen molar-refractivity contribution in [1.29, 1.82) is 0 Å². The molecule has 1 fully saturated rings. The van der Waals surface area contributed by atoms with Crippen LogP contribution in [0.1, 0.15) is 17.9 Å². The number of rotatable bonds is 2. The standard InChI is InChI=1S/C12H11NO4/c1-8-11(6-7-17-12(8)14)9-2-4-10(5-3-9)13(15)16/h2-5,11H,1,6-7H2/t11-/m1/s1. The first-order chi connectivity index (χ1) is 8.09. The second-order valence-corrected chi connectivity index (χ2v) is 3.85. The number of cyclic esters (lactones) is 1. The topological polar surface area (TPSA) is 69.4 Å². The Kier molecular flexibility index (Phi) is 2.91. The zero-order chi connectivity index (χ0) is 12.4. The van der Waals surface area contributed by atoms with Crippen LogP contribution in [0.4, 0.5) is 5.69 Å². The van der Waals surface area contributed by atoms with E-state index < -0.39 is 4.92 Å². The Balaban J connectivity index is 2.25. The Morgan fingerprint density at radius 3 is 2.59 bits per heavy atom. The molecule has 5 nitrogen and oxygen atoms in total. The molecule has 0 unspecified atom stereocenters. The second kappa shape index (κ2) is 4.37. The van der Waals surface area contributed by atoms with Crippen LogP contribution in [-0.4, -0.2) is 17.5 Å². The van der Waals surface area contributed by atoms with Gasteiger partial charge in [-0.25, -0.2) is 4.79 Å². The largest absolute Gasteiger partial charge is 0.462 e. The predicted molar refractivity (Wildman–Crippen MR) is 60.6 cm³/mol. The molecule has 1 heterocycles. The first-order valence-corrected chi connectivity index (χ1v) is 5.20. The van der Waals surface area contributed by atoms with E-state index in [4.69, 9.17) is 4.74 Å². The van der Waals surface area contributed by atoms with Crippen molar-refractivity contribution in [2.45, 2.75) is 12.3 Å². The molecule has 1 aromatic carbocycles. The molecule has 1 saturated heterocycles. The lowest BCUT2D eigenvalue weighted by Crippen LogP contribution is -2.22. The van der Waals surface area contributed by atoms with E-state index in [1.54, 1.807) is 12.1 Å². The Morgan fingerprint density at radius 2 is 2.00 bits per heavy atom. The third kappa shape index (κ3) is 2.18. The lowest BCUT2D eigenvalue weighted by Gasteiger charge is -2.23. The van der Waals surface area contributed by atoms with E-state index in [0.717, 1.165) is 5.56 Å². The van der Waals surface area contributed by atoms with Crippen LogP contribution in [0.3, 0.4) is 0 Å². The Hall–Kier alpha value is -2.17. The van der Waals surface area contributed by atoms with Gasteiger partial charge in [-0.2, -0.15) is 0 Å². The summed E-state index contributed by atoms with van der Waals surface area (Å²) in [6.07, 6.45) is 0.669. The zero-order valence-corrected chi connectivity index (χ0v) is 9.09. The van der Waals surface area contributed by atoms with Gasteiger partial charge in [-0.1, -0.05) is 18.7 Å². The molecule has 0 amide bonds. The van der Waals surface area contributed by atoms with Gasteiger partial charge in [0.1, 0.15) is 0 Å². The molecule has 1 aliphatic rings. The molecular formula is C12H11NO4. The lowest BCUT2D eigenvalue weighted by molar-refractivity contribution is -0.384. The summed E-state index contributed by atoms with van der Waals surface area (Å²) >= 11 is 0. The Labute approximate surface area is 97.9 Å². The van der Waals surface area contributed by atoms with Gasteiger partial charge in [0.15, 0.2) is 0 Å². The summed E-state index contributed by atoms with van der Waals surface area (Å²) in [5, 5.41) is 10.5. The fourth-order valence-electron chi connectivity index (χ4n) is 1.87. The summed E-state index contributed by atoms with van der Waals surface area (Å²) in [5.41, 5.74) is 1.31. The molecule has 88 valence electrons. The number of hydrogen-bond acceptors (Lipinski definition) is 4. The third-order valence-corrected chi connectivity index (χ3v) is 2.83. The van der Waals surface area contributed by atoms with Crippen molar-refractivity contribution in [1.82, 2.24) is 0 Å². The Bertz CT molecular complexity index is 478. The highest BCUT2D eigenvalue weighted by molar-refractivity contribution is 5.90. The van der Waals surface area contributed by atoms with E-state index in [1.807, 2.05) is 0 Å². The maximum atomic E-state index is 11.3. The van der Waals surface area contributed by atoms with Crippen molar-refractivity contribution in [3.05, 3.63) is 52.1 Å². The van der Waals surface area contributed by atoms with Crippen molar-refractivity contribution in [2.24, 2.45) is 0 Å². The summed E-state index contributed by atoms with van der Waals surface area (Å²) in [4.78, 5) is 21.4. The summed E-state index contributed by atoms with van der Waals surface area (Å²) < 4.78 is 4.86. The first-order valence-electron chi connectivity index (χ1n) is 5.20. The number of carbonyl (C=O) groups excluding carboxylic acids is 1. The molecule has 0 saturated carbocycles. The van der Waals surface area contributed by atoms with E-state index in [0.29, 0.717) is 18.6 Å². The third-order valence-electron chi connectivity index (χ3n) is 2.83. The van der Waals surface area contributed by atoms with E-state index >= 15 is 0 Å². The number of nitro groups is 1. The minimum atomic E-state index is -0.451. The SMILES string of the molecule is C=C1C(=O)OCC[C@H]1c1ccc([N+](=O)[O-])cc1. The van der Waals surface area contributed by atoms with Crippen LogP contribution >= 0.6 is 0 Å². The average Bonchev–Trinajstić information content (AvgIpc) is 2.33. The predicted octanol–water partition coefficient (Wildman–Crippen LogP) is 2.18. The second-order valence-electron chi connectivity index (χ2n) is 3.85.